The maximum absolute atomic E-state index is 12.0. The van der Waals surface area contributed by atoms with Crippen LogP contribution in [0.15, 0.2) is 12.1 Å². The van der Waals surface area contributed by atoms with Crippen LogP contribution in [0.4, 0.5) is 0 Å². The molecule has 0 fully saturated rings. The van der Waals surface area contributed by atoms with Gasteiger partial charge in [-0.15, -0.1) is 11.3 Å². The molecule has 0 saturated heterocycles. The van der Waals surface area contributed by atoms with E-state index in [0.717, 1.165) is 24.1 Å². The third-order valence-corrected chi connectivity index (χ3v) is 4.04. The number of carbonyl (C=O) groups is 1. The van der Waals surface area contributed by atoms with Crippen LogP contribution in [0, 0.1) is 0 Å². The van der Waals surface area contributed by atoms with Crippen LogP contribution < -0.4 is 5.73 Å². The second-order valence-corrected chi connectivity index (χ2v) is 5.74. The molecule has 1 aromatic heterocycles. The smallest absolute Gasteiger partial charge is 0.157 e. The van der Waals surface area contributed by atoms with Crippen molar-refractivity contribution in [1.29, 1.82) is 0 Å². The number of thiophene rings is 1. The number of aryl methyl sites for hydroxylation is 1. The lowest BCUT2D eigenvalue weighted by Crippen LogP contribution is -2.45. The molecular formula is C13H21NOS. The molecule has 0 aliphatic carbocycles. The third-order valence-electron chi connectivity index (χ3n) is 2.81. The van der Waals surface area contributed by atoms with Crippen molar-refractivity contribution in [3.05, 3.63) is 21.9 Å². The van der Waals surface area contributed by atoms with Crippen LogP contribution in [0.1, 0.15) is 43.4 Å². The SMILES string of the molecule is CCCC(C)(N)C(=O)Cc1ccc(CC)s1. The highest BCUT2D eigenvalue weighted by molar-refractivity contribution is 7.12. The topological polar surface area (TPSA) is 43.1 Å². The zero-order chi connectivity index (χ0) is 12.2. The minimum absolute atomic E-state index is 0.152. The molecular weight excluding hydrogens is 218 g/mol. The minimum atomic E-state index is -0.662. The average molecular weight is 239 g/mol. The molecule has 0 aromatic carbocycles. The van der Waals surface area contributed by atoms with Crippen molar-refractivity contribution >= 4 is 17.1 Å². The Bertz CT molecular complexity index is 355. The van der Waals surface area contributed by atoms with Crippen molar-refractivity contribution in [2.75, 3.05) is 0 Å². The molecule has 16 heavy (non-hydrogen) atoms. The van der Waals surface area contributed by atoms with E-state index in [4.69, 9.17) is 5.73 Å². The summed E-state index contributed by atoms with van der Waals surface area (Å²) in [5.41, 5.74) is 5.35. The van der Waals surface area contributed by atoms with Crippen LogP contribution >= 0.6 is 11.3 Å². The van der Waals surface area contributed by atoms with Crippen molar-refractivity contribution in [2.45, 2.75) is 52.0 Å². The molecule has 1 atom stereocenters. The first kappa shape index (κ1) is 13.4. The molecule has 90 valence electrons. The Labute approximate surface area is 102 Å². The van der Waals surface area contributed by atoms with Crippen LogP contribution in [0.3, 0.4) is 0 Å². The number of Topliss-reactive ketones (excluding diaryl/α,β-unsaturated/α-hetero) is 1. The average Bonchev–Trinajstić information content (AvgIpc) is 2.65. The van der Waals surface area contributed by atoms with Gasteiger partial charge in [-0.3, -0.25) is 4.79 Å². The molecule has 0 saturated carbocycles. The Morgan fingerprint density at radius 2 is 2.00 bits per heavy atom. The Morgan fingerprint density at radius 3 is 2.50 bits per heavy atom. The van der Waals surface area contributed by atoms with Gasteiger partial charge < -0.3 is 5.73 Å². The molecule has 2 N–H and O–H groups in total. The van der Waals surface area contributed by atoms with Crippen molar-refractivity contribution in [3.8, 4) is 0 Å². The summed E-state index contributed by atoms with van der Waals surface area (Å²) in [6.07, 6.45) is 3.23. The summed E-state index contributed by atoms with van der Waals surface area (Å²) < 4.78 is 0. The van der Waals surface area contributed by atoms with Gasteiger partial charge in [0.15, 0.2) is 5.78 Å². The van der Waals surface area contributed by atoms with E-state index >= 15 is 0 Å². The van der Waals surface area contributed by atoms with Gasteiger partial charge in [0.2, 0.25) is 0 Å². The van der Waals surface area contributed by atoms with Crippen LogP contribution in [-0.4, -0.2) is 11.3 Å². The Hall–Kier alpha value is -0.670. The molecule has 0 aliphatic rings. The van der Waals surface area contributed by atoms with E-state index < -0.39 is 5.54 Å². The maximum atomic E-state index is 12.0. The summed E-state index contributed by atoms with van der Waals surface area (Å²) in [6, 6.07) is 4.14. The van der Waals surface area contributed by atoms with Crippen molar-refractivity contribution in [3.63, 3.8) is 0 Å². The summed E-state index contributed by atoms with van der Waals surface area (Å²) in [7, 11) is 0. The van der Waals surface area contributed by atoms with E-state index in [1.54, 1.807) is 11.3 Å². The van der Waals surface area contributed by atoms with Gasteiger partial charge in [-0.2, -0.15) is 0 Å². The molecule has 0 amide bonds. The molecule has 1 unspecified atom stereocenters. The van der Waals surface area contributed by atoms with Crippen LogP contribution in [0.2, 0.25) is 0 Å². The Morgan fingerprint density at radius 1 is 1.38 bits per heavy atom. The number of rotatable bonds is 6. The lowest BCUT2D eigenvalue weighted by atomic mass is 9.90. The van der Waals surface area contributed by atoms with Gasteiger partial charge in [0.25, 0.3) is 0 Å². The van der Waals surface area contributed by atoms with Gasteiger partial charge >= 0.3 is 0 Å². The van der Waals surface area contributed by atoms with Gasteiger partial charge in [-0.25, -0.2) is 0 Å². The molecule has 0 aliphatic heterocycles. The molecule has 1 heterocycles. The highest BCUT2D eigenvalue weighted by atomic mass is 32.1. The van der Waals surface area contributed by atoms with Gasteiger partial charge in [-0.1, -0.05) is 20.3 Å². The minimum Gasteiger partial charge on any atom is -0.319 e. The highest BCUT2D eigenvalue weighted by Crippen LogP contribution is 2.20. The van der Waals surface area contributed by atoms with Crippen LogP contribution in [0.5, 0.6) is 0 Å². The second kappa shape index (κ2) is 5.60. The number of hydrogen-bond donors (Lipinski definition) is 1. The summed E-state index contributed by atoms with van der Waals surface area (Å²) in [5, 5.41) is 0. The standard InChI is InChI=1S/C13H21NOS/c1-4-8-13(3,14)12(15)9-11-7-6-10(5-2)16-11/h6-7H,4-5,8-9,14H2,1-3H3. The van der Waals surface area contributed by atoms with E-state index in [9.17, 15) is 4.79 Å². The van der Waals surface area contributed by atoms with E-state index in [-0.39, 0.29) is 5.78 Å². The Balaban J connectivity index is 2.63. The van der Waals surface area contributed by atoms with E-state index in [1.807, 2.05) is 13.0 Å². The molecule has 0 bridgehead atoms. The fourth-order valence-corrected chi connectivity index (χ4v) is 2.68. The van der Waals surface area contributed by atoms with E-state index in [1.165, 1.54) is 4.88 Å². The quantitative estimate of drug-likeness (QED) is 0.829. The first-order valence-corrected chi connectivity index (χ1v) is 6.71. The molecule has 1 rings (SSSR count). The monoisotopic (exact) mass is 239 g/mol. The Kier molecular flexibility index (Phi) is 4.69. The fourth-order valence-electron chi connectivity index (χ4n) is 1.73. The number of hydrogen-bond acceptors (Lipinski definition) is 3. The predicted octanol–water partition coefficient (Wildman–Crippen LogP) is 2.94. The zero-order valence-corrected chi connectivity index (χ0v) is 11.2. The van der Waals surface area contributed by atoms with Crippen LogP contribution in [0.25, 0.3) is 0 Å². The molecule has 3 heteroatoms. The normalized spacial score (nSPS) is 14.8. The lowest BCUT2D eigenvalue weighted by molar-refractivity contribution is -0.123. The summed E-state index contributed by atoms with van der Waals surface area (Å²) >= 11 is 1.72. The third kappa shape index (κ3) is 3.42. The van der Waals surface area contributed by atoms with Gasteiger partial charge in [-0.05, 0) is 31.9 Å². The number of nitrogens with two attached hydrogens (primary N) is 1. The van der Waals surface area contributed by atoms with Crippen molar-refractivity contribution in [2.24, 2.45) is 5.73 Å². The van der Waals surface area contributed by atoms with Gasteiger partial charge in [0.1, 0.15) is 0 Å². The molecule has 1 aromatic rings. The van der Waals surface area contributed by atoms with E-state index in [2.05, 4.69) is 19.9 Å². The van der Waals surface area contributed by atoms with Crippen molar-refractivity contribution in [1.82, 2.24) is 0 Å². The second-order valence-electron chi connectivity index (χ2n) is 4.49. The zero-order valence-electron chi connectivity index (χ0n) is 10.4. The summed E-state index contributed by atoms with van der Waals surface area (Å²) in [5.74, 6) is 0.152. The summed E-state index contributed by atoms with van der Waals surface area (Å²) in [6.45, 7) is 6.02. The predicted molar refractivity (Wildman–Crippen MR) is 69.9 cm³/mol. The van der Waals surface area contributed by atoms with Gasteiger partial charge in [0, 0.05) is 16.2 Å². The summed E-state index contributed by atoms with van der Waals surface area (Å²) in [4.78, 5) is 14.5. The molecule has 2 nitrogen and oxygen atoms in total. The molecule has 0 radical (unpaired) electrons. The lowest BCUT2D eigenvalue weighted by Gasteiger charge is -2.21. The van der Waals surface area contributed by atoms with Crippen molar-refractivity contribution < 1.29 is 4.79 Å². The first-order valence-electron chi connectivity index (χ1n) is 5.89. The number of ketones is 1. The fraction of sp³-hybridized carbons (Fsp3) is 0.615. The first-order chi connectivity index (χ1) is 7.49. The van der Waals surface area contributed by atoms with Crippen LogP contribution in [-0.2, 0) is 17.6 Å². The van der Waals surface area contributed by atoms with Gasteiger partial charge in [0.05, 0.1) is 5.54 Å². The molecule has 0 spiro atoms. The highest BCUT2D eigenvalue weighted by Gasteiger charge is 2.27. The maximum Gasteiger partial charge on any atom is 0.157 e. The van der Waals surface area contributed by atoms with E-state index in [0.29, 0.717) is 6.42 Å². The largest absolute Gasteiger partial charge is 0.319 e. The number of carbonyl (C=O) groups excluding carboxylic acids is 1.